The smallest absolute Gasteiger partial charge is 0.333 e. The van der Waals surface area contributed by atoms with Gasteiger partial charge in [-0.2, -0.15) is 0 Å². The first-order chi connectivity index (χ1) is 6.51. The van der Waals surface area contributed by atoms with Gasteiger partial charge in [0.05, 0.1) is 0 Å². The van der Waals surface area contributed by atoms with Crippen LogP contribution in [0.25, 0.3) is 0 Å². The molecule has 74 valence electrons. The van der Waals surface area contributed by atoms with Crippen LogP contribution in [-0.2, 0) is 14.3 Å². The van der Waals surface area contributed by atoms with Crippen LogP contribution in [0.1, 0.15) is 6.42 Å². The summed E-state index contributed by atoms with van der Waals surface area (Å²) in [4.78, 5) is 23.3. The number of hydrogen-bond donors (Lipinski definition) is 0. The number of halogens is 2. The zero-order valence-corrected chi connectivity index (χ0v) is 10.2. The maximum Gasteiger partial charge on any atom is 0.333 e. The van der Waals surface area contributed by atoms with Gasteiger partial charge in [0.1, 0.15) is 0 Å². The second kappa shape index (κ2) is 2.32. The van der Waals surface area contributed by atoms with Crippen LogP contribution in [0.3, 0.4) is 0 Å². The Balaban J connectivity index is 2.26. The Labute approximate surface area is 97.1 Å². The first kappa shape index (κ1) is 9.09. The number of hydrogen-bond acceptors (Lipinski definition) is 3. The van der Waals surface area contributed by atoms with Gasteiger partial charge in [-0.3, -0.25) is 0 Å². The highest BCUT2D eigenvalue weighted by atomic mass is 79.9. The number of fused-ring (bicyclic) bond motifs is 5. The van der Waals surface area contributed by atoms with E-state index in [1.54, 1.807) is 0 Å². The van der Waals surface area contributed by atoms with E-state index in [2.05, 4.69) is 31.9 Å². The Kier molecular flexibility index (Phi) is 1.51. The summed E-state index contributed by atoms with van der Waals surface area (Å²) in [6, 6.07) is 0. The first-order valence-corrected chi connectivity index (χ1v) is 5.92. The van der Waals surface area contributed by atoms with Gasteiger partial charge < -0.3 is 4.74 Å². The largest absolute Gasteiger partial charge is 0.391 e. The molecule has 2 fully saturated rings. The summed E-state index contributed by atoms with van der Waals surface area (Å²) in [5.74, 6) is -0.802. The van der Waals surface area contributed by atoms with Crippen molar-refractivity contribution < 1.29 is 14.3 Å². The van der Waals surface area contributed by atoms with Crippen molar-refractivity contribution in [1.82, 2.24) is 0 Å². The van der Waals surface area contributed by atoms with Gasteiger partial charge in [0.2, 0.25) is 0 Å². The van der Waals surface area contributed by atoms with E-state index in [0.717, 1.165) is 6.42 Å². The Bertz CT molecular complexity index is 358. The number of allylic oxidation sites excluding steroid dienone is 2. The minimum Gasteiger partial charge on any atom is -0.391 e. The Morgan fingerprint density at radius 1 is 1.14 bits per heavy atom. The van der Waals surface area contributed by atoms with E-state index < -0.39 is 20.6 Å². The number of carbonyl (C=O) groups excluding carboxylic acids is 2. The summed E-state index contributed by atoms with van der Waals surface area (Å²) in [5, 5.41) is 0. The molecule has 2 aliphatic carbocycles. The van der Waals surface area contributed by atoms with Gasteiger partial charge in [-0.05, 0) is 6.42 Å². The first-order valence-electron chi connectivity index (χ1n) is 4.34. The monoisotopic (exact) mass is 320 g/mol. The van der Waals surface area contributed by atoms with Gasteiger partial charge in [-0.1, -0.05) is 44.0 Å². The quantitative estimate of drug-likeness (QED) is 0.294. The summed E-state index contributed by atoms with van der Waals surface area (Å²) in [5.41, 5.74) is 0. The fourth-order valence-corrected chi connectivity index (χ4v) is 4.41. The van der Waals surface area contributed by atoms with E-state index in [4.69, 9.17) is 4.74 Å². The van der Waals surface area contributed by atoms with Gasteiger partial charge >= 0.3 is 11.9 Å². The van der Waals surface area contributed by atoms with Crippen LogP contribution in [0.4, 0.5) is 0 Å². The van der Waals surface area contributed by atoms with Crippen LogP contribution < -0.4 is 0 Å². The van der Waals surface area contributed by atoms with Gasteiger partial charge in [0.15, 0.2) is 8.65 Å². The van der Waals surface area contributed by atoms with Crippen molar-refractivity contribution in [3.8, 4) is 0 Å². The summed E-state index contributed by atoms with van der Waals surface area (Å²) in [6.07, 6.45) is 4.80. The van der Waals surface area contributed by atoms with Gasteiger partial charge in [-0.15, -0.1) is 0 Å². The van der Waals surface area contributed by atoms with Crippen molar-refractivity contribution >= 4 is 43.8 Å². The molecule has 1 heterocycles. The molecule has 3 aliphatic rings. The summed E-state index contributed by atoms with van der Waals surface area (Å²) in [6.45, 7) is 0. The lowest BCUT2D eigenvalue weighted by Gasteiger charge is -2.31. The van der Waals surface area contributed by atoms with Gasteiger partial charge in [0.25, 0.3) is 0 Å². The molecule has 5 heteroatoms. The topological polar surface area (TPSA) is 43.4 Å². The lowest BCUT2D eigenvalue weighted by Crippen LogP contribution is -2.50. The molecule has 1 saturated heterocycles. The Hall–Kier alpha value is -0.160. The number of carbonyl (C=O) groups is 2. The predicted molar refractivity (Wildman–Crippen MR) is 55.2 cm³/mol. The highest BCUT2D eigenvalue weighted by Crippen LogP contribution is 2.65. The standard InChI is InChI=1S/C9H6Br2O3/c10-8-4-1-2-5(3-4)9(8,11)7(13)14-6(8)12/h1-2,4-5H,3H2/t4-,5-,8-,9+/m0/s1. The van der Waals surface area contributed by atoms with Crippen molar-refractivity contribution in [3.05, 3.63) is 12.2 Å². The highest BCUT2D eigenvalue weighted by molar-refractivity contribution is 9.13. The normalized spacial score (nSPS) is 53.9. The molecule has 0 aromatic rings. The Morgan fingerprint density at radius 3 is 2.00 bits per heavy atom. The molecule has 0 spiro atoms. The van der Waals surface area contributed by atoms with Crippen LogP contribution in [0.5, 0.6) is 0 Å². The fourth-order valence-electron chi connectivity index (χ4n) is 2.66. The predicted octanol–water partition coefficient (Wildman–Crippen LogP) is 1.54. The third-order valence-corrected chi connectivity index (χ3v) is 7.02. The molecule has 0 amide bonds. The van der Waals surface area contributed by atoms with Crippen LogP contribution in [0, 0.1) is 11.8 Å². The molecule has 0 unspecified atom stereocenters. The minimum absolute atomic E-state index is 0.0609. The van der Waals surface area contributed by atoms with E-state index in [1.165, 1.54) is 0 Å². The molecule has 0 aromatic carbocycles. The maximum atomic E-state index is 11.6. The molecule has 4 atom stereocenters. The van der Waals surface area contributed by atoms with Crippen molar-refractivity contribution in [3.63, 3.8) is 0 Å². The zero-order chi connectivity index (χ0) is 10.1. The molecule has 1 aliphatic heterocycles. The van der Waals surface area contributed by atoms with E-state index in [0.29, 0.717) is 0 Å². The SMILES string of the molecule is O=C1OC(=O)[C@]2(Br)[C@H]3C=C[C@@H](C3)[C@]12Br. The number of ether oxygens (including phenoxy) is 1. The molecular formula is C9H6Br2O3. The average molecular weight is 322 g/mol. The molecule has 0 N–H and O–H groups in total. The van der Waals surface area contributed by atoms with Crippen molar-refractivity contribution in [2.24, 2.45) is 11.8 Å². The molecule has 14 heavy (non-hydrogen) atoms. The second-order valence-electron chi connectivity index (χ2n) is 3.93. The zero-order valence-electron chi connectivity index (χ0n) is 7.00. The highest BCUT2D eigenvalue weighted by Gasteiger charge is 2.77. The molecular weight excluding hydrogens is 316 g/mol. The second-order valence-corrected chi connectivity index (χ2v) is 6.44. The molecule has 0 radical (unpaired) electrons. The fraction of sp³-hybridized carbons (Fsp3) is 0.556. The van der Waals surface area contributed by atoms with Crippen LogP contribution in [0.15, 0.2) is 12.2 Å². The van der Waals surface area contributed by atoms with Crippen molar-refractivity contribution in [1.29, 1.82) is 0 Å². The average Bonchev–Trinajstić information content (AvgIpc) is 2.73. The van der Waals surface area contributed by atoms with Crippen LogP contribution >= 0.6 is 31.9 Å². The molecule has 3 rings (SSSR count). The van der Waals surface area contributed by atoms with E-state index in [1.807, 2.05) is 12.2 Å². The third kappa shape index (κ3) is 0.662. The van der Waals surface area contributed by atoms with E-state index >= 15 is 0 Å². The number of esters is 2. The molecule has 0 aromatic heterocycles. The van der Waals surface area contributed by atoms with Crippen LogP contribution in [0.2, 0.25) is 0 Å². The third-order valence-electron chi connectivity index (χ3n) is 3.41. The van der Waals surface area contributed by atoms with Crippen molar-refractivity contribution in [2.45, 2.75) is 15.1 Å². The molecule has 1 saturated carbocycles. The lowest BCUT2D eigenvalue weighted by atomic mass is 9.84. The minimum atomic E-state index is -0.878. The maximum absolute atomic E-state index is 11.6. The van der Waals surface area contributed by atoms with Gasteiger partial charge in [0, 0.05) is 11.8 Å². The Morgan fingerprint density at radius 2 is 1.57 bits per heavy atom. The van der Waals surface area contributed by atoms with E-state index in [9.17, 15) is 9.59 Å². The number of alkyl halides is 2. The van der Waals surface area contributed by atoms with Crippen molar-refractivity contribution in [2.75, 3.05) is 0 Å². The number of rotatable bonds is 0. The van der Waals surface area contributed by atoms with E-state index in [-0.39, 0.29) is 11.8 Å². The summed E-state index contributed by atoms with van der Waals surface area (Å²) < 4.78 is 2.95. The molecule has 3 nitrogen and oxygen atoms in total. The summed E-state index contributed by atoms with van der Waals surface area (Å²) in [7, 11) is 0. The van der Waals surface area contributed by atoms with Crippen LogP contribution in [-0.4, -0.2) is 20.6 Å². The summed E-state index contributed by atoms with van der Waals surface area (Å²) >= 11 is 6.80. The lowest BCUT2D eigenvalue weighted by molar-refractivity contribution is -0.153. The number of cyclic esters (lactones) is 2. The molecule has 2 bridgehead atoms. The van der Waals surface area contributed by atoms with Gasteiger partial charge in [-0.25, -0.2) is 9.59 Å².